The zero-order valence-electron chi connectivity index (χ0n) is 19.0. The second-order valence-corrected chi connectivity index (χ2v) is 8.13. The first-order chi connectivity index (χ1) is 14.9. The zero-order chi connectivity index (χ0) is 22.4. The molecule has 0 fully saturated rings. The first kappa shape index (κ1) is 22.5. The summed E-state index contributed by atoms with van der Waals surface area (Å²) < 4.78 is 12.9. The van der Waals surface area contributed by atoms with Crippen LogP contribution in [0.25, 0.3) is 0 Å². The SMILES string of the molecule is COc1cc(OC)cc(C(=O)N(Cc2cccn2Cc2ccccc2)C(C)C(C)C)c1. The van der Waals surface area contributed by atoms with E-state index in [1.807, 2.05) is 29.2 Å². The van der Waals surface area contributed by atoms with E-state index in [1.54, 1.807) is 32.4 Å². The molecule has 5 nitrogen and oxygen atoms in total. The zero-order valence-corrected chi connectivity index (χ0v) is 19.0. The van der Waals surface area contributed by atoms with Crippen LogP contribution >= 0.6 is 0 Å². The number of benzene rings is 2. The van der Waals surface area contributed by atoms with E-state index in [9.17, 15) is 4.79 Å². The Kier molecular flexibility index (Phi) is 7.40. The van der Waals surface area contributed by atoms with E-state index in [4.69, 9.17) is 9.47 Å². The number of carbonyl (C=O) groups excluding carboxylic acids is 1. The minimum Gasteiger partial charge on any atom is -0.497 e. The molecule has 3 aromatic rings. The number of methoxy groups -OCH3 is 2. The largest absolute Gasteiger partial charge is 0.497 e. The molecule has 0 spiro atoms. The van der Waals surface area contributed by atoms with Crippen molar-refractivity contribution in [2.24, 2.45) is 5.92 Å². The third-order valence-corrected chi connectivity index (χ3v) is 5.77. The molecular formula is C26H32N2O3. The fourth-order valence-electron chi connectivity index (χ4n) is 3.56. The van der Waals surface area contributed by atoms with Crippen molar-refractivity contribution in [3.05, 3.63) is 83.7 Å². The van der Waals surface area contributed by atoms with Gasteiger partial charge in [0.1, 0.15) is 11.5 Å². The van der Waals surface area contributed by atoms with Crippen LogP contribution in [0, 0.1) is 5.92 Å². The van der Waals surface area contributed by atoms with Crippen molar-refractivity contribution < 1.29 is 14.3 Å². The molecule has 2 aromatic carbocycles. The number of hydrogen-bond donors (Lipinski definition) is 0. The molecule has 0 aliphatic heterocycles. The van der Waals surface area contributed by atoms with Gasteiger partial charge < -0.3 is 18.9 Å². The van der Waals surface area contributed by atoms with Gasteiger partial charge in [-0.15, -0.1) is 0 Å². The summed E-state index contributed by atoms with van der Waals surface area (Å²) in [6.07, 6.45) is 2.07. The number of nitrogens with zero attached hydrogens (tertiary/aromatic N) is 2. The van der Waals surface area contributed by atoms with Crippen LogP contribution in [0.3, 0.4) is 0 Å². The van der Waals surface area contributed by atoms with Gasteiger partial charge in [-0.1, -0.05) is 44.2 Å². The van der Waals surface area contributed by atoms with Crippen LogP contribution in [0.1, 0.15) is 42.4 Å². The maximum Gasteiger partial charge on any atom is 0.254 e. The number of hydrogen-bond acceptors (Lipinski definition) is 3. The van der Waals surface area contributed by atoms with Gasteiger partial charge in [-0.05, 0) is 42.7 Å². The van der Waals surface area contributed by atoms with Crippen molar-refractivity contribution in [3.63, 3.8) is 0 Å². The molecule has 3 rings (SSSR count). The Morgan fingerprint density at radius 1 is 0.935 bits per heavy atom. The van der Waals surface area contributed by atoms with E-state index in [1.165, 1.54) is 5.56 Å². The Morgan fingerprint density at radius 3 is 2.16 bits per heavy atom. The lowest BCUT2D eigenvalue weighted by molar-refractivity contribution is 0.0622. The predicted octanol–water partition coefficient (Wildman–Crippen LogP) is 5.24. The second kappa shape index (κ2) is 10.2. The van der Waals surface area contributed by atoms with Crippen molar-refractivity contribution in [1.29, 1.82) is 0 Å². The molecule has 1 aromatic heterocycles. The predicted molar refractivity (Wildman–Crippen MR) is 124 cm³/mol. The Hall–Kier alpha value is -3.21. The topological polar surface area (TPSA) is 43.7 Å². The van der Waals surface area contributed by atoms with E-state index in [2.05, 4.69) is 49.7 Å². The minimum absolute atomic E-state index is 0.0362. The monoisotopic (exact) mass is 420 g/mol. The van der Waals surface area contributed by atoms with Crippen molar-refractivity contribution in [2.75, 3.05) is 14.2 Å². The van der Waals surface area contributed by atoms with Crippen LogP contribution < -0.4 is 9.47 Å². The summed E-state index contributed by atoms with van der Waals surface area (Å²) in [5.74, 6) is 1.49. The lowest BCUT2D eigenvalue weighted by Crippen LogP contribution is -2.41. The molecular weight excluding hydrogens is 388 g/mol. The van der Waals surface area contributed by atoms with E-state index < -0.39 is 0 Å². The Bertz CT molecular complexity index is 973. The highest BCUT2D eigenvalue weighted by Crippen LogP contribution is 2.26. The normalized spacial score (nSPS) is 11.9. The van der Waals surface area contributed by atoms with Crippen molar-refractivity contribution in [3.8, 4) is 11.5 Å². The van der Waals surface area contributed by atoms with Gasteiger partial charge in [0, 0.05) is 36.1 Å². The summed E-state index contributed by atoms with van der Waals surface area (Å²) >= 11 is 0. The number of amides is 1. The summed E-state index contributed by atoms with van der Waals surface area (Å²) in [5, 5.41) is 0. The highest BCUT2D eigenvalue weighted by Gasteiger charge is 2.26. The van der Waals surface area contributed by atoms with E-state index >= 15 is 0 Å². The molecule has 0 bridgehead atoms. The van der Waals surface area contributed by atoms with Crippen LogP contribution in [0.5, 0.6) is 11.5 Å². The van der Waals surface area contributed by atoms with Crippen molar-refractivity contribution >= 4 is 5.91 Å². The smallest absolute Gasteiger partial charge is 0.254 e. The third-order valence-electron chi connectivity index (χ3n) is 5.77. The Morgan fingerprint density at radius 2 is 1.58 bits per heavy atom. The summed E-state index contributed by atoms with van der Waals surface area (Å²) in [7, 11) is 3.18. The van der Waals surface area contributed by atoms with Gasteiger partial charge in [-0.25, -0.2) is 0 Å². The molecule has 1 heterocycles. The van der Waals surface area contributed by atoms with Gasteiger partial charge >= 0.3 is 0 Å². The number of aromatic nitrogens is 1. The molecule has 164 valence electrons. The molecule has 0 saturated carbocycles. The lowest BCUT2D eigenvalue weighted by atomic mass is 10.0. The summed E-state index contributed by atoms with van der Waals surface area (Å²) in [4.78, 5) is 15.6. The van der Waals surface area contributed by atoms with Crippen LogP contribution in [-0.2, 0) is 13.1 Å². The van der Waals surface area contributed by atoms with Crippen molar-refractivity contribution in [2.45, 2.75) is 39.9 Å². The quantitative estimate of drug-likeness (QED) is 0.475. The molecule has 31 heavy (non-hydrogen) atoms. The number of rotatable bonds is 9. The summed E-state index contributed by atoms with van der Waals surface area (Å²) in [6.45, 7) is 7.68. The minimum atomic E-state index is -0.0362. The molecule has 0 radical (unpaired) electrons. The van der Waals surface area contributed by atoms with Crippen LogP contribution in [0.15, 0.2) is 66.9 Å². The molecule has 1 amide bonds. The first-order valence-corrected chi connectivity index (χ1v) is 10.6. The fraction of sp³-hybridized carbons (Fsp3) is 0.346. The van der Waals surface area contributed by atoms with Gasteiger partial charge in [0.25, 0.3) is 5.91 Å². The van der Waals surface area contributed by atoms with E-state index in [0.717, 1.165) is 12.2 Å². The second-order valence-electron chi connectivity index (χ2n) is 8.13. The lowest BCUT2D eigenvalue weighted by Gasteiger charge is -2.32. The average Bonchev–Trinajstić information content (AvgIpc) is 3.23. The van der Waals surface area contributed by atoms with Crippen LogP contribution in [-0.4, -0.2) is 35.6 Å². The highest BCUT2D eigenvalue weighted by molar-refractivity contribution is 5.95. The van der Waals surface area contributed by atoms with Crippen LogP contribution in [0.2, 0.25) is 0 Å². The van der Waals surface area contributed by atoms with Gasteiger partial charge in [-0.2, -0.15) is 0 Å². The maximum atomic E-state index is 13.6. The van der Waals surface area contributed by atoms with E-state index in [0.29, 0.717) is 29.5 Å². The molecule has 1 unspecified atom stereocenters. The van der Waals surface area contributed by atoms with E-state index in [-0.39, 0.29) is 11.9 Å². The summed E-state index contributed by atoms with van der Waals surface area (Å²) in [6, 6.07) is 19.9. The number of carbonyl (C=O) groups is 1. The van der Waals surface area contributed by atoms with Gasteiger partial charge in [0.05, 0.1) is 20.8 Å². The standard InChI is InChI=1S/C26H32N2O3/c1-19(2)20(3)28(26(29)22-14-24(30-4)16-25(15-22)31-5)18-23-12-9-13-27(23)17-21-10-7-6-8-11-21/h6-16,19-20H,17-18H2,1-5H3. The van der Waals surface area contributed by atoms with Crippen LogP contribution in [0.4, 0.5) is 0 Å². The average molecular weight is 421 g/mol. The highest BCUT2D eigenvalue weighted by atomic mass is 16.5. The molecule has 0 N–H and O–H groups in total. The molecule has 5 heteroatoms. The van der Waals surface area contributed by atoms with Gasteiger partial charge in [-0.3, -0.25) is 4.79 Å². The molecule has 0 aliphatic rings. The molecule has 0 saturated heterocycles. The molecule has 1 atom stereocenters. The fourth-order valence-corrected chi connectivity index (χ4v) is 3.56. The Balaban J connectivity index is 1.91. The third kappa shape index (κ3) is 5.48. The van der Waals surface area contributed by atoms with Gasteiger partial charge in [0.15, 0.2) is 0 Å². The number of ether oxygens (including phenoxy) is 2. The van der Waals surface area contributed by atoms with Crippen molar-refractivity contribution in [1.82, 2.24) is 9.47 Å². The van der Waals surface area contributed by atoms with Gasteiger partial charge in [0.2, 0.25) is 0 Å². The maximum absolute atomic E-state index is 13.6. The molecule has 0 aliphatic carbocycles. The first-order valence-electron chi connectivity index (χ1n) is 10.6. The summed E-state index contributed by atoms with van der Waals surface area (Å²) in [5.41, 5.74) is 2.89. The Labute approximate surface area is 185 Å².